The average molecular weight is 295 g/mol. The highest BCUT2D eigenvalue weighted by atomic mass is 19.1. The second kappa shape index (κ2) is 7.41. The van der Waals surface area contributed by atoms with E-state index >= 15 is 0 Å². The first-order valence-electron chi connectivity index (χ1n) is 7.30. The van der Waals surface area contributed by atoms with Crippen molar-refractivity contribution in [3.8, 4) is 0 Å². The Morgan fingerprint density at radius 2 is 1.95 bits per heavy atom. The van der Waals surface area contributed by atoms with E-state index in [1.54, 1.807) is 0 Å². The van der Waals surface area contributed by atoms with Gasteiger partial charge in [-0.25, -0.2) is 4.39 Å². The number of nitrogen functional groups attached to an aromatic ring is 1. The first-order valence-corrected chi connectivity index (χ1v) is 7.30. The minimum atomic E-state index is -0.484. The topological polar surface area (TPSA) is 58.4 Å². The van der Waals surface area contributed by atoms with Crippen LogP contribution in [0.4, 0.5) is 15.8 Å². The molecule has 1 aromatic carbocycles. The lowest BCUT2D eigenvalue weighted by Gasteiger charge is -2.31. The molecule has 4 nitrogen and oxygen atoms in total. The minimum absolute atomic E-state index is 0.122. The van der Waals surface area contributed by atoms with E-state index in [0.717, 1.165) is 6.42 Å². The Hall–Kier alpha value is -1.62. The zero-order valence-electron chi connectivity index (χ0n) is 13.5. The summed E-state index contributed by atoms with van der Waals surface area (Å²) in [6, 6.07) is 4.07. The van der Waals surface area contributed by atoms with Gasteiger partial charge in [-0.05, 0) is 51.4 Å². The third-order valence-corrected chi connectivity index (χ3v) is 3.75. The van der Waals surface area contributed by atoms with Crippen molar-refractivity contribution >= 4 is 17.3 Å². The van der Waals surface area contributed by atoms with Crippen LogP contribution in [0.3, 0.4) is 0 Å². The summed E-state index contributed by atoms with van der Waals surface area (Å²) in [5, 5.41) is 2.60. The van der Waals surface area contributed by atoms with Crippen LogP contribution in [0.5, 0.6) is 0 Å². The SMILES string of the molecule is CC(C)CC(C)N(C)C(C)C(=O)Nc1cc(N)ccc1F. The molecule has 0 saturated carbocycles. The Morgan fingerprint density at radius 3 is 2.52 bits per heavy atom. The predicted molar refractivity (Wildman–Crippen MR) is 85.6 cm³/mol. The zero-order valence-corrected chi connectivity index (χ0v) is 13.5. The van der Waals surface area contributed by atoms with Gasteiger partial charge in [0, 0.05) is 11.7 Å². The largest absolute Gasteiger partial charge is 0.399 e. The highest BCUT2D eigenvalue weighted by molar-refractivity contribution is 5.95. The number of likely N-dealkylation sites (N-methyl/N-ethyl adjacent to an activating group) is 1. The van der Waals surface area contributed by atoms with Gasteiger partial charge in [-0.15, -0.1) is 0 Å². The van der Waals surface area contributed by atoms with Crippen molar-refractivity contribution < 1.29 is 9.18 Å². The van der Waals surface area contributed by atoms with E-state index in [4.69, 9.17) is 5.73 Å². The van der Waals surface area contributed by atoms with Gasteiger partial charge in [-0.2, -0.15) is 0 Å². The molecule has 1 rings (SSSR count). The fourth-order valence-electron chi connectivity index (χ4n) is 2.29. The highest BCUT2D eigenvalue weighted by Crippen LogP contribution is 2.19. The number of rotatable bonds is 6. The Kier molecular flexibility index (Phi) is 6.15. The predicted octanol–water partition coefficient (Wildman–Crippen LogP) is 3.10. The first-order chi connectivity index (χ1) is 9.72. The number of hydrogen-bond donors (Lipinski definition) is 2. The molecule has 0 bridgehead atoms. The molecule has 1 aromatic rings. The highest BCUT2D eigenvalue weighted by Gasteiger charge is 2.23. The van der Waals surface area contributed by atoms with Gasteiger partial charge in [-0.1, -0.05) is 13.8 Å². The van der Waals surface area contributed by atoms with Crippen molar-refractivity contribution in [2.75, 3.05) is 18.1 Å². The van der Waals surface area contributed by atoms with Gasteiger partial charge in [0.2, 0.25) is 5.91 Å². The monoisotopic (exact) mass is 295 g/mol. The number of nitrogens with one attached hydrogen (secondary N) is 1. The molecule has 0 aliphatic carbocycles. The van der Waals surface area contributed by atoms with Gasteiger partial charge in [0.1, 0.15) is 5.82 Å². The van der Waals surface area contributed by atoms with E-state index in [1.165, 1.54) is 18.2 Å². The first kappa shape index (κ1) is 17.4. The van der Waals surface area contributed by atoms with E-state index in [1.807, 2.05) is 18.9 Å². The molecule has 1 amide bonds. The molecule has 0 heterocycles. The number of nitrogens with zero attached hydrogens (tertiary/aromatic N) is 1. The van der Waals surface area contributed by atoms with E-state index in [2.05, 4.69) is 26.1 Å². The molecule has 0 aliphatic rings. The number of halogens is 1. The van der Waals surface area contributed by atoms with Crippen LogP contribution in [0.25, 0.3) is 0 Å². The van der Waals surface area contributed by atoms with E-state index in [9.17, 15) is 9.18 Å². The van der Waals surface area contributed by atoms with Crippen LogP contribution in [0, 0.1) is 11.7 Å². The lowest BCUT2D eigenvalue weighted by atomic mass is 10.0. The minimum Gasteiger partial charge on any atom is -0.399 e. The maximum absolute atomic E-state index is 13.6. The number of hydrogen-bond acceptors (Lipinski definition) is 3. The number of amides is 1. The molecule has 0 aliphatic heterocycles. The molecule has 0 aromatic heterocycles. The van der Waals surface area contributed by atoms with E-state index in [0.29, 0.717) is 11.6 Å². The van der Waals surface area contributed by atoms with Crippen molar-refractivity contribution in [2.24, 2.45) is 5.92 Å². The molecule has 5 heteroatoms. The molecule has 2 unspecified atom stereocenters. The number of anilines is 2. The second-order valence-corrected chi connectivity index (χ2v) is 6.05. The second-order valence-electron chi connectivity index (χ2n) is 6.05. The van der Waals surface area contributed by atoms with Crippen LogP contribution in [0.15, 0.2) is 18.2 Å². The van der Waals surface area contributed by atoms with Crippen molar-refractivity contribution in [2.45, 2.75) is 46.2 Å². The smallest absolute Gasteiger partial charge is 0.241 e. The number of carbonyl (C=O) groups is 1. The Morgan fingerprint density at radius 1 is 1.33 bits per heavy atom. The third kappa shape index (κ3) is 5.01. The maximum atomic E-state index is 13.6. The number of carbonyl (C=O) groups excluding carboxylic acids is 1. The van der Waals surface area contributed by atoms with E-state index in [-0.39, 0.29) is 23.7 Å². The zero-order chi connectivity index (χ0) is 16.2. The third-order valence-electron chi connectivity index (χ3n) is 3.75. The maximum Gasteiger partial charge on any atom is 0.241 e. The quantitative estimate of drug-likeness (QED) is 0.793. The summed E-state index contributed by atoms with van der Waals surface area (Å²) in [6.45, 7) is 8.20. The summed E-state index contributed by atoms with van der Waals surface area (Å²) in [4.78, 5) is 14.2. The summed E-state index contributed by atoms with van der Waals surface area (Å²) in [6.07, 6.45) is 1.00. The van der Waals surface area contributed by atoms with Crippen molar-refractivity contribution in [1.82, 2.24) is 4.90 Å². The Bertz CT molecular complexity index is 490. The van der Waals surface area contributed by atoms with Gasteiger partial charge < -0.3 is 11.1 Å². The van der Waals surface area contributed by atoms with Crippen LogP contribution in [-0.2, 0) is 4.79 Å². The molecular weight excluding hydrogens is 269 g/mol. The number of nitrogens with two attached hydrogens (primary N) is 1. The molecular formula is C16H26FN3O. The van der Waals surface area contributed by atoms with Crippen LogP contribution in [0.2, 0.25) is 0 Å². The molecule has 2 atom stereocenters. The van der Waals surface area contributed by atoms with Gasteiger partial charge in [0.15, 0.2) is 0 Å². The summed E-state index contributed by atoms with van der Waals surface area (Å²) in [5.74, 6) is -0.163. The summed E-state index contributed by atoms with van der Waals surface area (Å²) < 4.78 is 13.6. The molecule has 0 saturated heterocycles. The Labute approximate surface area is 126 Å². The standard InChI is InChI=1S/C16H26FN3O/c1-10(2)8-11(3)20(5)12(4)16(21)19-15-9-13(18)6-7-14(15)17/h6-7,9-12H,8,18H2,1-5H3,(H,19,21). The molecule has 21 heavy (non-hydrogen) atoms. The van der Waals surface area contributed by atoms with Crippen LogP contribution >= 0.6 is 0 Å². The average Bonchev–Trinajstić information content (AvgIpc) is 2.40. The molecule has 118 valence electrons. The van der Waals surface area contributed by atoms with Gasteiger partial charge in [0.05, 0.1) is 11.7 Å². The number of benzene rings is 1. The van der Waals surface area contributed by atoms with Crippen LogP contribution in [-0.4, -0.2) is 29.9 Å². The van der Waals surface area contributed by atoms with Crippen LogP contribution < -0.4 is 11.1 Å². The van der Waals surface area contributed by atoms with Gasteiger partial charge in [0.25, 0.3) is 0 Å². The fraction of sp³-hybridized carbons (Fsp3) is 0.562. The summed E-state index contributed by atoms with van der Waals surface area (Å²) >= 11 is 0. The van der Waals surface area contributed by atoms with Crippen molar-refractivity contribution in [3.63, 3.8) is 0 Å². The molecule has 0 fully saturated rings. The normalized spacial score (nSPS) is 14.3. The molecule has 0 radical (unpaired) electrons. The molecule has 0 spiro atoms. The lowest BCUT2D eigenvalue weighted by Crippen LogP contribution is -2.44. The van der Waals surface area contributed by atoms with Crippen LogP contribution in [0.1, 0.15) is 34.1 Å². The Balaban J connectivity index is 2.72. The lowest BCUT2D eigenvalue weighted by molar-refractivity contribution is -0.121. The van der Waals surface area contributed by atoms with Gasteiger partial charge >= 0.3 is 0 Å². The summed E-state index contributed by atoms with van der Waals surface area (Å²) in [5.41, 5.74) is 6.15. The van der Waals surface area contributed by atoms with Crippen molar-refractivity contribution in [3.05, 3.63) is 24.0 Å². The van der Waals surface area contributed by atoms with Gasteiger partial charge in [-0.3, -0.25) is 9.69 Å². The van der Waals surface area contributed by atoms with E-state index < -0.39 is 5.82 Å². The molecule has 3 N–H and O–H groups in total. The fourth-order valence-corrected chi connectivity index (χ4v) is 2.29. The summed E-state index contributed by atoms with van der Waals surface area (Å²) in [7, 11) is 1.91. The van der Waals surface area contributed by atoms with Crippen molar-refractivity contribution in [1.29, 1.82) is 0 Å².